The number of amides is 1. The Morgan fingerprint density at radius 3 is 2.47 bits per heavy atom. The molecule has 1 amide bonds. The molecule has 1 aromatic heterocycles. The van der Waals surface area contributed by atoms with Gasteiger partial charge in [-0.05, 0) is 32.4 Å². The molecule has 5 heteroatoms. The van der Waals surface area contributed by atoms with Crippen molar-refractivity contribution >= 4 is 11.9 Å². The summed E-state index contributed by atoms with van der Waals surface area (Å²) in [5.74, 6) is -0.682. The topological polar surface area (TPSA) is 59.5 Å². The predicted molar refractivity (Wildman–Crippen MR) is 71.5 cm³/mol. The number of carbonyl (C=O) groups is 2. The quantitative estimate of drug-likeness (QED) is 0.771. The highest BCUT2D eigenvalue weighted by Crippen LogP contribution is 2.24. The SMILES string of the molecule is C[C@@H](OC(=O)C(C)(C)c1cccnc1)C(=O)N(C)C. The third-order valence-corrected chi connectivity index (χ3v) is 2.97. The highest BCUT2D eigenvalue weighted by atomic mass is 16.5. The number of aromatic nitrogens is 1. The Kier molecular flexibility index (Phi) is 4.64. The van der Waals surface area contributed by atoms with E-state index in [2.05, 4.69) is 4.98 Å². The first-order chi connectivity index (χ1) is 8.76. The fraction of sp³-hybridized carbons (Fsp3) is 0.500. The second kappa shape index (κ2) is 5.82. The fourth-order valence-corrected chi connectivity index (χ4v) is 1.57. The summed E-state index contributed by atoms with van der Waals surface area (Å²) in [7, 11) is 3.25. The largest absolute Gasteiger partial charge is 0.452 e. The number of nitrogens with zero attached hydrogens (tertiary/aromatic N) is 2. The highest BCUT2D eigenvalue weighted by Gasteiger charge is 2.34. The summed E-state index contributed by atoms with van der Waals surface area (Å²) < 4.78 is 5.23. The maximum atomic E-state index is 12.2. The van der Waals surface area contributed by atoms with Crippen LogP contribution in [0.4, 0.5) is 0 Å². The standard InChI is InChI=1S/C14H20N2O3/c1-10(12(17)16(4)5)19-13(18)14(2,3)11-7-6-8-15-9-11/h6-10H,1-5H3/t10-/m1/s1. The van der Waals surface area contributed by atoms with Crippen molar-refractivity contribution in [2.24, 2.45) is 0 Å². The molecular formula is C14H20N2O3. The minimum absolute atomic E-state index is 0.240. The molecule has 0 bridgehead atoms. The Bertz CT molecular complexity index is 455. The van der Waals surface area contributed by atoms with Crippen LogP contribution in [0.3, 0.4) is 0 Å². The van der Waals surface area contributed by atoms with Gasteiger partial charge in [-0.3, -0.25) is 14.6 Å². The van der Waals surface area contributed by atoms with Crippen molar-refractivity contribution < 1.29 is 14.3 Å². The molecule has 0 aromatic carbocycles. The van der Waals surface area contributed by atoms with E-state index in [1.807, 2.05) is 6.07 Å². The van der Waals surface area contributed by atoms with Crippen molar-refractivity contribution in [1.82, 2.24) is 9.88 Å². The van der Waals surface area contributed by atoms with Gasteiger partial charge in [0.25, 0.3) is 5.91 Å². The van der Waals surface area contributed by atoms with Crippen molar-refractivity contribution in [1.29, 1.82) is 0 Å². The lowest BCUT2D eigenvalue weighted by Crippen LogP contribution is -2.40. The molecular weight excluding hydrogens is 244 g/mol. The summed E-state index contributed by atoms with van der Waals surface area (Å²) in [6.07, 6.45) is 2.47. The number of ether oxygens (including phenoxy) is 1. The summed E-state index contributed by atoms with van der Waals surface area (Å²) in [6, 6.07) is 3.57. The van der Waals surface area contributed by atoms with E-state index in [-0.39, 0.29) is 5.91 Å². The van der Waals surface area contributed by atoms with Crippen LogP contribution in [0.1, 0.15) is 26.3 Å². The molecule has 1 rings (SSSR count). The minimum atomic E-state index is -0.838. The number of hydrogen-bond acceptors (Lipinski definition) is 4. The van der Waals surface area contributed by atoms with Gasteiger partial charge in [0, 0.05) is 26.5 Å². The van der Waals surface area contributed by atoms with Gasteiger partial charge in [-0.25, -0.2) is 0 Å². The molecule has 1 atom stereocenters. The van der Waals surface area contributed by atoms with Gasteiger partial charge in [0.1, 0.15) is 0 Å². The molecule has 19 heavy (non-hydrogen) atoms. The molecule has 0 spiro atoms. The predicted octanol–water partition coefficient (Wildman–Crippen LogP) is 1.38. The van der Waals surface area contributed by atoms with Gasteiger partial charge >= 0.3 is 5.97 Å². The van der Waals surface area contributed by atoms with Crippen LogP contribution in [0.5, 0.6) is 0 Å². The van der Waals surface area contributed by atoms with Crippen molar-refractivity contribution in [3.05, 3.63) is 30.1 Å². The summed E-state index contributed by atoms with van der Waals surface area (Å²) in [5, 5.41) is 0. The second-order valence-electron chi connectivity index (χ2n) is 5.15. The molecule has 0 fully saturated rings. The number of likely N-dealkylation sites (N-methyl/N-ethyl adjacent to an activating group) is 1. The maximum absolute atomic E-state index is 12.2. The van der Waals surface area contributed by atoms with E-state index < -0.39 is 17.5 Å². The number of esters is 1. The third kappa shape index (κ3) is 3.53. The molecule has 104 valence electrons. The zero-order valence-corrected chi connectivity index (χ0v) is 12.0. The molecule has 0 saturated heterocycles. The molecule has 0 aliphatic rings. The first kappa shape index (κ1) is 15.1. The molecule has 1 heterocycles. The highest BCUT2D eigenvalue weighted by molar-refractivity contribution is 5.87. The molecule has 0 saturated carbocycles. The number of carbonyl (C=O) groups excluding carboxylic acids is 2. The Morgan fingerprint density at radius 1 is 1.37 bits per heavy atom. The average Bonchev–Trinajstić information content (AvgIpc) is 2.38. The molecule has 0 aliphatic heterocycles. The Morgan fingerprint density at radius 2 is 2.00 bits per heavy atom. The van der Waals surface area contributed by atoms with Crippen LogP contribution in [0.2, 0.25) is 0 Å². The van der Waals surface area contributed by atoms with E-state index in [9.17, 15) is 9.59 Å². The number of rotatable bonds is 4. The van der Waals surface area contributed by atoms with Crippen molar-refractivity contribution in [2.45, 2.75) is 32.3 Å². The zero-order valence-electron chi connectivity index (χ0n) is 12.0. The third-order valence-electron chi connectivity index (χ3n) is 2.97. The first-order valence-corrected chi connectivity index (χ1v) is 6.09. The number of hydrogen-bond donors (Lipinski definition) is 0. The van der Waals surface area contributed by atoms with Gasteiger partial charge in [-0.2, -0.15) is 0 Å². The molecule has 1 aromatic rings. The fourth-order valence-electron chi connectivity index (χ4n) is 1.57. The smallest absolute Gasteiger partial charge is 0.316 e. The van der Waals surface area contributed by atoms with Crippen LogP contribution in [-0.2, 0) is 19.7 Å². The van der Waals surface area contributed by atoms with Crippen molar-refractivity contribution in [3.8, 4) is 0 Å². The van der Waals surface area contributed by atoms with Crippen LogP contribution < -0.4 is 0 Å². The summed E-state index contributed by atoms with van der Waals surface area (Å²) >= 11 is 0. The van der Waals surface area contributed by atoms with E-state index in [4.69, 9.17) is 4.74 Å². The zero-order chi connectivity index (χ0) is 14.6. The summed E-state index contributed by atoms with van der Waals surface area (Å²) in [6.45, 7) is 5.07. The molecule has 0 N–H and O–H groups in total. The van der Waals surface area contributed by atoms with Crippen LogP contribution in [0, 0.1) is 0 Å². The van der Waals surface area contributed by atoms with E-state index >= 15 is 0 Å². The van der Waals surface area contributed by atoms with E-state index in [1.165, 1.54) is 4.90 Å². The van der Waals surface area contributed by atoms with E-state index in [1.54, 1.807) is 53.3 Å². The van der Waals surface area contributed by atoms with Crippen molar-refractivity contribution in [3.63, 3.8) is 0 Å². The lowest BCUT2D eigenvalue weighted by atomic mass is 9.86. The van der Waals surface area contributed by atoms with Gasteiger partial charge in [0.05, 0.1) is 5.41 Å². The summed E-state index contributed by atoms with van der Waals surface area (Å²) in [4.78, 5) is 29.3. The lowest BCUT2D eigenvalue weighted by molar-refractivity contribution is -0.162. The van der Waals surface area contributed by atoms with Crippen LogP contribution >= 0.6 is 0 Å². The Labute approximate surface area is 113 Å². The Hall–Kier alpha value is -1.91. The first-order valence-electron chi connectivity index (χ1n) is 6.09. The van der Waals surface area contributed by atoms with Crippen LogP contribution in [0.25, 0.3) is 0 Å². The molecule has 0 unspecified atom stereocenters. The maximum Gasteiger partial charge on any atom is 0.316 e. The molecule has 0 radical (unpaired) electrons. The van der Waals surface area contributed by atoms with Crippen LogP contribution in [0.15, 0.2) is 24.5 Å². The monoisotopic (exact) mass is 264 g/mol. The van der Waals surface area contributed by atoms with Crippen molar-refractivity contribution in [2.75, 3.05) is 14.1 Å². The average molecular weight is 264 g/mol. The van der Waals surface area contributed by atoms with Gasteiger partial charge in [0.15, 0.2) is 6.10 Å². The van der Waals surface area contributed by atoms with Gasteiger partial charge in [0.2, 0.25) is 0 Å². The molecule has 5 nitrogen and oxygen atoms in total. The van der Waals surface area contributed by atoms with Gasteiger partial charge in [-0.1, -0.05) is 6.07 Å². The normalized spacial score (nSPS) is 12.7. The van der Waals surface area contributed by atoms with Crippen LogP contribution in [-0.4, -0.2) is 42.0 Å². The van der Waals surface area contributed by atoms with Gasteiger partial charge in [-0.15, -0.1) is 0 Å². The van der Waals surface area contributed by atoms with E-state index in [0.717, 1.165) is 5.56 Å². The van der Waals surface area contributed by atoms with E-state index in [0.29, 0.717) is 0 Å². The minimum Gasteiger partial charge on any atom is -0.452 e. The number of pyridine rings is 1. The molecule has 0 aliphatic carbocycles. The summed E-state index contributed by atoms with van der Waals surface area (Å²) in [5.41, 5.74) is -0.0840. The van der Waals surface area contributed by atoms with Gasteiger partial charge < -0.3 is 9.64 Å². The second-order valence-corrected chi connectivity index (χ2v) is 5.15. The Balaban J connectivity index is 2.80. The lowest BCUT2D eigenvalue weighted by Gasteiger charge is -2.25.